The van der Waals surface area contributed by atoms with Gasteiger partial charge in [0.15, 0.2) is 0 Å². The van der Waals surface area contributed by atoms with Gasteiger partial charge in [-0.15, -0.1) is 0 Å². The molecule has 0 aliphatic carbocycles. The molecule has 0 spiro atoms. The zero-order chi connectivity index (χ0) is 20.9. The van der Waals surface area contributed by atoms with E-state index < -0.39 is 0 Å². The van der Waals surface area contributed by atoms with Crippen LogP contribution in [0.1, 0.15) is 25.3 Å². The second-order valence-corrected chi connectivity index (χ2v) is 7.22. The van der Waals surface area contributed by atoms with Gasteiger partial charge in [-0.25, -0.2) is 9.36 Å². The summed E-state index contributed by atoms with van der Waals surface area (Å²) in [5, 5.41) is 13.6. The van der Waals surface area contributed by atoms with Crippen molar-refractivity contribution in [1.29, 1.82) is 0 Å². The van der Waals surface area contributed by atoms with Gasteiger partial charge < -0.3 is 5.11 Å². The van der Waals surface area contributed by atoms with Crippen LogP contribution >= 0.6 is 0 Å². The lowest BCUT2D eigenvalue weighted by Crippen LogP contribution is -2.46. The molecular formula is C26H24N2O2. The predicted molar refractivity (Wildman–Crippen MR) is 117 cm³/mol. The van der Waals surface area contributed by atoms with Crippen LogP contribution in [0.2, 0.25) is 0 Å². The summed E-state index contributed by atoms with van der Waals surface area (Å²) >= 11 is 0. The van der Waals surface area contributed by atoms with Crippen molar-refractivity contribution in [2.45, 2.75) is 26.2 Å². The topological polar surface area (TPSA) is 48.9 Å². The number of hydrogen-bond donors (Lipinski definition) is 0. The van der Waals surface area contributed by atoms with Crippen molar-refractivity contribution >= 4 is 0 Å². The molecule has 0 saturated carbocycles. The maximum atomic E-state index is 13.6. The van der Waals surface area contributed by atoms with Crippen LogP contribution in [0.4, 0.5) is 0 Å². The van der Waals surface area contributed by atoms with Crippen LogP contribution in [-0.4, -0.2) is 4.57 Å². The lowest BCUT2D eigenvalue weighted by molar-refractivity contribution is -0.645. The van der Waals surface area contributed by atoms with Crippen LogP contribution in [0.3, 0.4) is 0 Å². The lowest BCUT2D eigenvalue weighted by atomic mass is 10.1. The monoisotopic (exact) mass is 396 g/mol. The fourth-order valence-corrected chi connectivity index (χ4v) is 3.70. The molecule has 3 aromatic carbocycles. The zero-order valence-electron chi connectivity index (χ0n) is 17.0. The third-order valence-electron chi connectivity index (χ3n) is 5.19. The predicted octanol–water partition coefficient (Wildman–Crippen LogP) is 4.20. The van der Waals surface area contributed by atoms with E-state index in [1.807, 2.05) is 91.0 Å². The molecule has 150 valence electrons. The first kappa shape index (κ1) is 19.6. The van der Waals surface area contributed by atoms with Crippen LogP contribution in [0, 0.1) is 0 Å². The summed E-state index contributed by atoms with van der Waals surface area (Å²) in [6.07, 6.45) is 2.16. The zero-order valence-corrected chi connectivity index (χ0v) is 17.0. The SMILES string of the molecule is CCCCc1c([O-])[n+](-c2ccccc2)c(-c2ccccc2)n(-c2ccccc2)c1=O. The Hall–Kier alpha value is -3.66. The van der Waals surface area contributed by atoms with E-state index in [0.29, 0.717) is 17.8 Å². The van der Waals surface area contributed by atoms with Gasteiger partial charge in [0.1, 0.15) is 11.4 Å². The van der Waals surface area contributed by atoms with Gasteiger partial charge in [-0.1, -0.05) is 67.9 Å². The van der Waals surface area contributed by atoms with Crippen molar-refractivity contribution in [3.05, 3.63) is 107 Å². The number of rotatable bonds is 6. The Labute approximate surface area is 176 Å². The van der Waals surface area contributed by atoms with Gasteiger partial charge in [0, 0.05) is 0 Å². The third kappa shape index (κ3) is 3.64. The Morgan fingerprint density at radius 3 is 2.00 bits per heavy atom. The van der Waals surface area contributed by atoms with Gasteiger partial charge in [0.25, 0.3) is 0 Å². The molecule has 0 fully saturated rings. The molecule has 0 N–H and O–H groups in total. The lowest BCUT2D eigenvalue weighted by Gasteiger charge is -2.20. The van der Waals surface area contributed by atoms with Crippen LogP contribution < -0.4 is 15.2 Å². The summed E-state index contributed by atoms with van der Waals surface area (Å²) < 4.78 is 3.35. The molecule has 4 rings (SSSR count). The summed E-state index contributed by atoms with van der Waals surface area (Å²) in [5.41, 5.74) is 2.36. The highest BCUT2D eigenvalue weighted by molar-refractivity contribution is 5.57. The average molecular weight is 396 g/mol. The normalized spacial score (nSPS) is 10.8. The molecule has 0 amide bonds. The highest BCUT2D eigenvalue weighted by atomic mass is 16.3. The second-order valence-electron chi connectivity index (χ2n) is 7.22. The summed E-state index contributed by atoms with van der Waals surface area (Å²) in [6.45, 7) is 2.06. The van der Waals surface area contributed by atoms with Crippen molar-refractivity contribution in [1.82, 2.24) is 4.57 Å². The van der Waals surface area contributed by atoms with Crippen molar-refractivity contribution in [2.75, 3.05) is 0 Å². The molecule has 4 heteroatoms. The minimum atomic E-state index is -0.245. The number of unbranched alkanes of at least 4 members (excludes halogenated alkanes) is 1. The molecule has 0 radical (unpaired) electrons. The molecule has 0 atom stereocenters. The van der Waals surface area contributed by atoms with E-state index in [0.717, 1.165) is 29.8 Å². The van der Waals surface area contributed by atoms with Gasteiger partial charge >= 0.3 is 11.4 Å². The van der Waals surface area contributed by atoms with Crippen molar-refractivity contribution in [3.8, 4) is 28.6 Å². The van der Waals surface area contributed by atoms with E-state index in [4.69, 9.17) is 0 Å². The fraction of sp³-hybridized carbons (Fsp3) is 0.154. The first-order chi connectivity index (χ1) is 14.7. The highest BCUT2D eigenvalue weighted by Gasteiger charge is 2.27. The van der Waals surface area contributed by atoms with Crippen LogP contribution in [-0.2, 0) is 6.42 Å². The van der Waals surface area contributed by atoms with Gasteiger partial charge in [-0.2, -0.15) is 4.57 Å². The molecule has 0 aliphatic heterocycles. The van der Waals surface area contributed by atoms with E-state index in [1.54, 1.807) is 9.13 Å². The molecule has 0 aliphatic rings. The number of para-hydroxylation sites is 2. The van der Waals surface area contributed by atoms with Crippen molar-refractivity contribution in [3.63, 3.8) is 0 Å². The Morgan fingerprint density at radius 2 is 1.40 bits per heavy atom. The standard InChI is InChI=1S/C26H24N2O2/c1-2-3-19-23-25(29)27(21-15-9-5-10-16-21)24(20-13-7-4-8-14-20)28(26(23)30)22-17-11-6-12-18-22/h4-18H,2-3,19H2,1H3. The minimum absolute atomic E-state index is 0.245. The molecule has 1 heterocycles. The summed E-state index contributed by atoms with van der Waals surface area (Å²) in [5.74, 6) is 0.314. The van der Waals surface area contributed by atoms with E-state index in [9.17, 15) is 9.90 Å². The van der Waals surface area contributed by atoms with Gasteiger partial charge in [0.2, 0.25) is 0 Å². The van der Waals surface area contributed by atoms with Crippen LogP contribution in [0.15, 0.2) is 95.8 Å². The Morgan fingerprint density at radius 1 is 0.833 bits per heavy atom. The number of benzene rings is 3. The molecule has 0 bridgehead atoms. The summed E-state index contributed by atoms with van der Waals surface area (Å²) in [7, 11) is 0. The Bertz CT molecular complexity index is 1180. The molecular weight excluding hydrogens is 372 g/mol. The maximum absolute atomic E-state index is 13.6. The number of hydrogen-bond acceptors (Lipinski definition) is 2. The summed E-state index contributed by atoms with van der Waals surface area (Å²) in [4.78, 5) is 13.6. The van der Waals surface area contributed by atoms with Crippen molar-refractivity contribution in [2.24, 2.45) is 0 Å². The van der Waals surface area contributed by atoms with E-state index in [1.165, 1.54) is 0 Å². The molecule has 1 aromatic heterocycles. The van der Waals surface area contributed by atoms with Crippen LogP contribution in [0.25, 0.3) is 22.8 Å². The van der Waals surface area contributed by atoms with Crippen molar-refractivity contribution < 1.29 is 9.67 Å². The van der Waals surface area contributed by atoms with Gasteiger partial charge in [-0.05, 0) is 49.2 Å². The smallest absolute Gasteiger partial charge is 0.345 e. The van der Waals surface area contributed by atoms with Gasteiger partial charge in [0.05, 0.1) is 17.0 Å². The van der Waals surface area contributed by atoms with E-state index in [-0.39, 0.29) is 11.4 Å². The second kappa shape index (κ2) is 8.78. The highest BCUT2D eigenvalue weighted by Crippen LogP contribution is 2.23. The van der Waals surface area contributed by atoms with Crippen LogP contribution in [0.5, 0.6) is 5.88 Å². The first-order valence-corrected chi connectivity index (χ1v) is 10.3. The molecule has 0 unspecified atom stereocenters. The molecule has 4 nitrogen and oxygen atoms in total. The fourth-order valence-electron chi connectivity index (χ4n) is 3.70. The number of nitrogens with zero attached hydrogens (tertiary/aromatic N) is 2. The summed E-state index contributed by atoms with van der Waals surface area (Å²) in [6, 6.07) is 28.7. The molecule has 0 saturated heterocycles. The molecule has 4 aromatic rings. The largest absolute Gasteiger partial charge is 0.842 e. The third-order valence-corrected chi connectivity index (χ3v) is 5.19. The average Bonchev–Trinajstić information content (AvgIpc) is 2.80. The van der Waals surface area contributed by atoms with E-state index >= 15 is 0 Å². The Kier molecular flexibility index (Phi) is 5.75. The minimum Gasteiger partial charge on any atom is -0.842 e. The maximum Gasteiger partial charge on any atom is 0.345 e. The van der Waals surface area contributed by atoms with E-state index in [2.05, 4.69) is 6.92 Å². The quantitative estimate of drug-likeness (QED) is 0.459. The Balaban J connectivity index is 2.16. The molecule has 30 heavy (non-hydrogen) atoms. The number of aromatic nitrogens is 2. The van der Waals surface area contributed by atoms with Gasteiger partial charge in [-0.3, -0.25) is 0 Å². The first-order valence-electron chi connectivity index (χ1n) is 10.3.